The second-order valence-corrected chi connectivity index (χ2v) is 25.6. The summed E-state index contributed by atoms with van der Waals surface area (Å²) < 4.78 is 12.9. The average molecular weight is 295 g/mol. The first-order valence-corrected chi connectivity index (χ1v) is 18.8. The molecule has 0 fully saturated rings. The van der Waals surface area contributed by atoms with Crippen LogP contribution in [-0.2, 0) is 8.23 Å². The van der Waals surface area contributed by atoms with Crippen molar-refractivity contribution in [3.8, 4) is 0 Å². The minimum Gasteiger partial charge on any atom is -0.439 e. The van der Waals surface area contributed by atoms with Gasteiger partial charge in [0.05, 0.1) is 9.04 Å². The summed E-state index contributed by atoms with van der Waals surface area (Å²) in [6.07, 6.45) is 1.29. The fourth-order valence-electron chi connectivity index (χ4n) is 1.92. The SMILES string of the molecule is CCC[SiH2][Si](C)(O[Si](C)(C)C)O[Si](C)(C)C. The van der Waals surface area contributed by atoms with Gasteiger partial charge in [-0.05, 0) is 45.8 Å². The lowest BCUT2D eigenvalue weighted by Crippen LogP contribution is -2.56. The number of hydrogen-bond donors (Lipinski definition) is 0. The lowest BCUT2D eigenvalue weighted by atomic mass is 10.6. The van der Waals surface area contributed by atoms with Crippen LogP contribution in [0.4, 0.5) is 0 Å². The van der Waals surface area contributed by atoms with Crippen LogP contribution < -0.4 is 0 Å². The normalized spacial score (nSPS) is 15.0. The van der Waals surface area contributed by atoms with E-state index in [0.717, 1.165) is 0 Å². The number of rotatable bonds is 7. The molecule has 0 amide bonds. The minimum absolute atomic E-state index is 0.167. The molecule has 0 aliphatic heterocycles. The Morgan fingerprint density at radius 3 is 1.44 bits per heavy atom. The molecule has 0 atom stereocenters. The summed E-state index contributed by atoms with van der Waals surface area (Å²) in [5.41, 5.74) is 0. The Morgan fingerprint density at radius 2 is 1.19 bits per heavy atom. The Morgan fingerprint density at radius 1 is 0.812 bits per heavy atom. The van der Waals surface area contributed by atoms with Crippen molar-refractivity contribution in [2.75, 3.05) is 0 Å². The highest BCUT2D eigenvalue weighted by Crippen LogP contribution is 2.20. The Bertz CT molecular complexity index is 192. The van der Waals surface area contributed by atoms with Gasteiger partial charge in [-0.2, -0.15) is 0 Å². The molecular formula is C10H30O2Si4. The molecule has 6 heteroatoms. The Hall–Kier alpha value is 0.788. The molecule has 0 aromatic rings. The van der Waals surface area contributed by atoms with Gasteiger partial charge in [-0.25, -0.2) is 0 Å². The van der Waals surface area contributed by atoms with Gasteiger partial charge in [-0.1, -0.05) is 19.4 Å². The smallest absolute Gasteiger partial charge is 0.285 e. The van der Waals surface area contributed by atoms with Crippen LogP contribution in [0.1, 0.15) is 13.3 Å². The van der Waals surface area contributed by atoms with E-state index in [0.29, 0.717) is 0 Å². The fraction of sp³-hybridized carbons (Fsp3) is 1.00. The summed E-state index contributed by atoms with van der Waals surface area (Å²) in [5, 5.41) is 0. The Balaban J connectivity index is 4.61. The highest BCUT2D eigenvalue weighted by atomic mass is 29.2. The van der Waals surface area contributed by atoms with Crippen LogP contribution in [0.15, 0.2) is 0 Å². The van der Waals surface area contributed by atoms with Gasteiger partial charge in [0.1, 0.15) is 0 Å². The Kier molecular flexibility index (Phi) is 6.40. The molecule has 0 N–H and O–H groups in total. The maximum Gasteiger partial charge on any atom is 0.285 e. The van der Waals surface area contributed by atoms with Crippen LogP contribution in [0.2, 0.25) is 51.9 Å². The first kappa shape index (κ1) is 16.8. The average Bonchev–Trinajstić information content (AvgIpc) is 1.93. The number of hydrogen-bond acceptors (Lipinski definition) is 2. The van der Waals surface area contributed by atoms with Crippen molar-refractivity contribution in [1.82, 2.24) is 0 Å². The second kappa shape index (κ2) is 6.10. The van der Waals surface area contributed by atoms with Gasteiger partial charge < -0.3 is 8.23 Å². The molecule has 0 unspecified atom stereocenters. The van der Waals surface area contributed by atoms with Crippen LogP contribution in [0, 0.1) is 0 Å². The van der Waals surface area contributed by atoms with Crippen LogP contribution in [0.3, 0.4) is 0 Å². The third-order valence-electron chi connectivity index (χ3n) is 2.03. The molecule has 0 bridgehead atoms. The largest absolute Gasteiger partial charge is 0.439 e. The van der Waals surface area contributed by atoms with E-state index in [1.165, 1.54) is 12.5 Å². The van der Waals surface area contributed by atoms with E-state index < -0.39 is 24.7 Å². The molecule has 0 saturated heterocycles. The zero-order chi connectivity index (χ0) is 13.0. The highest BCUT2D eigenvalue weighted by Gasteiger charge is 2.39. The van der Waals surface area contributed by atoms with Crippen molar-refractivity contribution in [3.63, 3.8) is 0 Å². The van der Waals surface area contributed by atoms with Gasteiger partial charge in [0.15, 0.2) is 16.6 Å². The molecule has 0 aliphatic carbocycles. The van der Waals surface area contributed by atoms with E-state index in [9.17, 15) is 0 Å². The van der Waals surface area contributed by atoms with E-state index in [1.807, 2.05) is 0 Å². The summed E-state index contributed by atoms with van der Waals surface area (Å²) in [6.45, 7) is 18.3. The molecular weight excluding hydrogens is 264 g/mol. The third kappa shape index (κ3) is 8.88. The molecule has 0 rings (SSSR count). The predicted molar refractivity (Wildman–Crippen MR) is 84.1 cm³/mol. The predicted octanol–water partition coefficient (Wildman–Crippen LogP) is 3.26. The van der Waals surface area contributed by atoms with Crippen molar-refractivity contribution in [3.05, 3.63) is 0 Å². The van der Waals surface area contributed by atoms with Gasteiger partial charge in [0.25, 0.3) is 8.08 Å². The van der Waals surface area contributed by atoms with Gasteiger partial charge in [-0.15, -0.1) is 0 Å². The topological polar surface area (TPSA) is 18.5 Å². The maximum atomic E-state index is 6.46. The summed E-state index contributed by atoms with van der Waals surface area (Å²) in [5.74, 6) is 0. The lowest BCUT2D eigenvalue weighted by Gasteiger charge is -2.38. The molecule has 0 aromatic carbocycles. The molecule has 0 spiro atoms. The van der Waals surface area contributed by atoms with E-state index in [1.54, 1.807) is 0 Å². The van der Waals surface area contributed by atoms with Crippen molar-refractivity contribution in [2.45, 2.75) is 65.2 Å². The van der Waals surface area contributed by atoms with Gasteiger partial charge in [-0.3, -0.25) is 0 Å². The summed E-state index contributed by atoms with van der Waals surface area (Å²) in [7, 11) is -4.84. The molecule has 0 aromatic heterocycles. The van der Waals surface area contributed by atoms with Gasteiger partial charge in [0, 0.05) is 0 Å². The second-order valence-electron chi connectivity index (χ2n) is 6.67. The van der Waals surface area contributed by atoms with E-state index >= 15 is 0 Å². The standard InChI is InChI=1S/C10H30O2Si4/c1-9-10-13-16(8,11-14(2,3)4)12-15(5,6)7/h9-10,13H2,1-8H3. The summed E-state index contributed by atoms with van der Waals surface area (Å²) in [6, 6.07) is 1.37. The molecule has 0 aliphatic rings. The minimum atomic E-state index is -1.78. The molecule has 0 radical (unpaired) electrons. The molecule has 16 heavy (non-hydrogen) atoms. The molecule has 0 heterocycles. The van der Waals surface area contributed by atoms with Crippen LogP contribution >= 0.6 is 0 Å². The van der Waals surface area contributed by atoms with E-state index in [4.69, 9.17) is 8.23 Å². The van der Waals surface area contributed by atoms with Crippen molar-refractivity contribution >= 4 is 33.8 Å². The van der Waals surface area contributed by atoms with E-state index in [-0.39, 0.29) is 9.04 Å². The summed E-state index contributed by atoms with van der Waals surface area (Å²) in [4.78, 5) is 0. The van der Waals surface area contributed by atoms with Crippen molar-refractivity contribution < 1.29 is 8.23 Å². The third-order valence-corrected chi connectivity index (χ3v) is 18.7. The van der Waals surface area contributed by atoms with Crippen LogP contribution in [-0.4, -0.2) is 33.8 Å². The highest BCUT2D eigenvalue weighted by molar-refractivity contribution is 7.21. The summed E-state index contributed by atoms with van der Waals surface area (Å²) >= 11 is 0. The van der Waals surface area contributed by atoms with Crippen molar-refractivity contribution in [2.24, 2.45) is 0 Å². The maximum absolute atomic E-state index is 6.46. The molecule has 98 valence electrons. The first-order valence-electron chi connectivity index (χ1n) is 6.38. The van der Waals surface area contributed by atoms with Crippen molar-refractivity contribution in [1.29, 1.82) is 0 Å². The monoisotopic (exact) mass is 294 g/mol. The lowest BCUT2D eigenvalue weighted by molar-refractivity contribution is 0.413. The zero-order valence-corrected chi connectivity index (χ0v) is 16.9. The fourth-order valence-corrected chi connectivity index (χ4v) is 27.3. The van der Waals surface area contributed by atoms with Gasteiger partial charge >= 0.3 is 0 Å². The van der Waals surface area contributed by atoms with E-state index in [2.05, 4.69) is 52.8 Å². The van der Waals surface area contributed by atoms with Crippen LogP contribution in [0.25, 0.3) is 0 Å². The molecule has 2 nitrogen and oxygen atoms in total. The van der Waals surface area contributed by atoms with Crippen LogP contribution in [0.5, 0.6) is 0 Å². The molecule has 0 saturated carbocycles. The zero-order valence-electron chi connectivity index (χ0n) is 12.4. The Labute approximate surface area is 107 Å². The quantitative estimate of drug-likeness (QED) is 0.671. The van der Waals surface area contributed by atoms with Gasteiger partial charge in [0.2, 0.25) is 0 Å². The first-order chi connectivity index (χ1) is 6.97.